The summed E-state index contributed by atoms with van der Waals surface area (Å²) >= 11 is 0. The summed E-state index contributed by atoms with van der Waals surface area (Å²) in [4.78, 5) is 12.2. The molecule has 0 bridgehead atoms. The first-order valence-electron chi connectivity index (χ1n) is 7.25. The first kappa shape index (κ1) is 17.1. The average Bonchev–Trinajstić information content (AvgIpc) is 2.85. The normalized spacial score (nSPS) is 13.7. The molecule has 0 saturated carbocycles. The number of carbonyl (C=O) groups is 1. The Morgan fingerprint density at radius 3 is 2.70 bits per heavy atom. The Hall–Kier alpha value is -2.28. The molecule has 0 saturated heterocycles. The maximum Gasteiger partial charge on any atom is 0.269 e. The van der Waals surface area contributed by atoms with Gasteiger partial charge in [-0.05, 0) is 32.9 Å². The minimum Gasteiger partial charge on any atom is -0.383 e. The summed E-state index contributed by atoms with van der Waals surface area (Å²) in [5.41, 5.74) is -0.687. The van der Waals surface area contributed by atoms with Crippen LogP contribution < -0.4 is 5.32 Å². The quantitative estimate of drug-likeness (QED) is 0.886. The number of rotatable bonds is 5. The maximum absolute atomic E-state index is 13.8. The summed E-state index contributed by atoms with van der Waals surface area (Å²) < 4.78 is 28.3. The highest BCUT2D eigenvalue weighted by molar-refractivity contribution is 5.92. The second kappa shape index (κ2) is 6.45. The number of hydrogen-bond donors (Lipinski definition) is 2. The van der Waals surface area contributed by atoms with Gasteiger partial charge in [-0.15, -0.1) is 0 Å². The van der Waals surface area contributed by atoms with Gasteiger partial charge in [0.1, 0.15) is 22.9 Å². The van der Waals surface area contributed by atoms with E-state index in [4.69, 9.17) is 0 Å². The molecule has 2 aromatic rings. The zero-order valence-electron chi connectivity index (χ0n) is 13.2. The molecule has 0 spiro atoms. The van der Waals surface area contributed by atoms with Crippen molar-refractivity contribution in [2.24, 2.45) is 0 Å². The second-order valence-electron chi connectivity index (χ2n) is 5.57. The van der Waals surface area contributed by atoms with Gasteiger partial charge in [-0.3, -0.25) is 9.48 Å². The number of aliphatic hydroxyl groups is 1. The largest absolute Gasteiger partial charge is 0.383 e. The van der Waals surface area contributed by atoms with E-state index < -0.39 is 23.1 Å². The molecule has 23 heavy (non-hydrogen) atoms. The number of carbonyl (C=O) groups excluding carboxylic acids is 1. The highest BCUT2D eigenvalue weighted by Gasteiger charge is 2.28. The third-order valence-electron chi connectivity index (χ3n) is 3.54. The fourth-order valence-corrected chi connectivity index (χ4v) is 2.33. The minimum atomic E-state index is -1.67. The zero-order valence-corrected chi connectivity index (χ0v) is 13.2. The van der Waals surface area contributed by atoms with E-state index in [-0.39, 0.29) is 12.1 Å². The van der Waals surface area contributed by atoms with Gasteiger partial charge >= 0.3 is 0 Å². The van der Waals surface area contributed by atoms with E-state index in [0.29, 0.717) is 24.0 Å². The monoisotopic (exact) mass is 323 g/mol. The van der Waals surface area contributed by atoms with Crippen molar-refractivity contribution in [3.05, 3.63) is 52.9 Å². The summed E-state index contributed by atoms with van der Waals surface area (Å²) in [5.74, 6) is -2.01. The van der Waals surface area contributed by atoms with Gasteiger partial charge in [-0.1, -0.05) is 6.07 Å². The van der Waals surface area contributed by atoms with Crippen molar-refractivity contribution < 1.29 is 18.7 Å². The smallest absolute Gasteiger partial charge is 0.269 e. The van der Waals surface area contributed by atoms with Crippen LogP contribution >= 0.6 is 0 Å². The molecule has 1 atom stereocenters. The highest BCUT2D eigenvalue weighted by Crippen LogP contribution is 2.23. The lowest BCUT2D eigenvalue weighted by atomic mass is 9.95. The lowest BCUT2D eigenvalue weighted by Crippen LogP contribution is -2.39. The van der Waals surface area contributed by atoms with Crippen molar-refractivity contribution in [3.63, 3.8) is 0 Å². The topological polar surface area (TPSA) is 67.2 Å². The molecule has 1 heterocycles. The molecule has 5 nitrogen and oxygen atoms in total. The number of hydrogen-bond acceptors (Lipinski definition) is 3. The number of nitrogens with one attached hydrogen (secondary N) is 1. The van der Waals surface area contributed by atoms with Crippen molar-refractivity contribution in [1.82, 2.24) is 15.1 Å². The van der Waals surface area contributed by atoms with E-state index in [9.17, 15) is 18.7 Å². The number of amides is 1. The second-order valence-corrected chi connectivity index (χ2v) is 5.57. The third-order valence-corrected chi connectivity index (χ3v) is 3.54. The van der Waals surface area contributed by atoms with E-state index in [1.54, 1.807) is 13.0 Å². The maximum atomic E-state index is 13.8. The van der Waals surface area contributed by atoms with Gasteiger partial charge in [0.25, 0.3) is 5.91 Å². The molecule has 2 rings (SSSR count). The van der Waals surface area contributed by atoms with E-state index in [2.05, 4.69) is 10.4 Å². The van der Waals surface area contributed by atoms with Gasteiger partial charge < -0.3 is 10.4 Å². The molecule has 0 aliphatic rings. The van der Waals surface area contributed by atoms with Gasteiger partial charge in [0.15, 0.2) is 0 Å². The van der Waals surface area contributed by atoms with Crippen LogP contribution in [0.3, 0.4) is 0 Å². The van der Waals surface area contributed by atoms with Gasteiger partial charge in [-0.2, -0.15) is 5.10 Å². The minimum absolute atomic E-state index is 0.0839. The van der Waals surface area contributed by atoms with E-state index >= 15 is 0 Å². The molecule has 0 radical (unpaired) electrons. The summed E-state index contributed by atoms with van der Waals surface area (Å²) in [6, 6.07) is 4.55. The van der Waals surface area contributed by atoms with Crippen LogP contribution in [0.25, 0.3) is 0 Å². The lowest BCUT2D eigenvalue weighted by Gasteiger charge is -2.24. The number of aryl methyl sites for hydroxylation is 2. The Balaban J connectivity index is 2.13. The average molecular weight is 323 g/mol. The highest BCUT2D eigenvalue weighted by atomic mass is 19.1. The Morgan fingerprint density at radius 2 is 2.09 bits per heavy atom. The molecule has 2 N–H and O–H groups in total. The van der Waals surface area contributed by atoms with E-state index in [1.807, 2.05) is 6.92 Å². The fraction of sp³-hybridized carbons (Fsp3) is 0.375. The Kier molecular flexibility index (Phi) is 4.79. The first-order chi connectivity index (χ1) is 10.7. The van der Waals surface area contributed by atoms with Gasteiger partial charge in [0.05, 0.1) is 12.2 Å². The van der Waals surface area contributed by atoms with E-state index in [0.717, 1.165) is 12.1 Å². The number of aromatic nitrogens is 2. The summed E-state index contributed by atoms with van der Waals surface area (Å²) in [6.45, 7) is 5.29. The van der Waals surface area contributed by atoms with Crippen LogP contribution in [0.1, 0.15) is 35.6 Å². The van der Waals surface area contributed by atoms with Crippen molar-refractivity contribution in [3.8, 4) is 0 Å². The molecule has 0 aliphatic carbocycles. The van der Waals surface area contributed by atoms with Gasteiger partial charge in [0, 0.05) is 18.2 Å². The predicted molar refractivity (Wildman–Crippen MR) is 80.9 cm³/mol. The van der Waals surface area contributed by atoms with Crippen LogP contribution in [0.15, 0.2) is 24.3 Å². The molecule has 0 aliphatic heterocycles. The van der Waals surface area contributed by atoms with Crippen molar-refractivity contribution in [2.45, 2.75) is 32.9 Å². The number of nitrogens with zero attached hydrogens (tertiary/aromatic N) is 2. The fourth-order valence-electron chi connectivity index (χ4n) is 2.33. The molecule has 124 valence electrons. The van der Waals surface area contributed by atoms with Crippen LogP contribution in [0.2, 0.25) is 0 Å². The van der Waals surface area contributed by atoms with Crippen molar-refractivity contribution in [2.75, 3.05) is 6.54 Å². The van der Waals surface area contributed by atoms with Crippen LogP contribution in [-0.2, 0) is 12.1 Å². The number of halogens is 2. The first-order valence-corrected chi connectivity index (χ1v) is 7.25. The zero-order chi connectivity index (χ0) is 17.2. The van der Waals surface area contributed by atoms with Crippen LogP contribution in [0, 0.1) is 18.6 Å². The molecular weight excluding hydrogens is 304 g/mol. The Labute approximate surface area is 132 Å². The van der Waals surface area contributed by atoms with Crippen molar-refractivity contribution in [1.29, 1.82) is 0 Å². The van der Waals surface area contributed by atoms with Crippen LogP contribution in [0.5, 0.6) is 0 Å². The Morgan fingerprint density at radius 1 is 1.39 bits per heavy atom. The summed E-state index contributed by atoms with van der Waals surface area (Å²) in [6.07, 6.45) is 0. The molecule has 0 fully saturated rings. The molecule has 0 unspecified atom stereocenters. The lowest BCUT2D eigenvalue weighted by molar-refractivity contribution is 0.0491. The third kappa shape index (κ3) is 3.73. The predicted octanol–water partition coefficient (Wildman–Crippen LogP) is 2.13. The molecular formula is C16H19F2N3O2. The van der Waals surface area contributed by atoms with Crippen molar-refractivity contribution >= 4 is 5.91 Å². The molecule has 7 heteroatoms. The van der Waals surface area contributed by atoms with Crippen LogP contribution in [-0.4, -0.2) is 27.3 Å². The standard InChI is InChI=1S/C16H19F2N3O2/c1-4-21-14(7-10(2)20-21)15(22)19-9-16(3,23)12-6-5-11(17)8-13(12)18/h5-8,23H,4,9H2,1-3H3,(H,19,22)/t16-/m1/s1. The summed E-state index contributed by atoms with van der Waals surface area (Å²) in [7, 11) is 0. The summed E-state index contributed by atoms with van der Waals surface area (Å²) in [5, 5.41) is 17.1. The van der Waals surface area contributed by atoms with Gasteiger partial charge in [0.2, 0.25) is 0 Å². The number of benzene rings is 1. The molecule has 1 aromatic heterocycles. The van der Waals surface area contributed by atoms with Crippen LogP contribution in [0.4, 0.5) is 8.78 Å². The van der Waals surface area contributed by atoms with Gasteiger partial charge in [-0.25, -0.2) is 8.78 Å². The molecule has 1 aromatic carbocycles. The molecule has 1 amide bonds. The SMILES string of the molecule is CCn1nc(C)cc1C(=O)NC[C@@](C)(O)c1ccc(F)cc1F. The Bertz CT molecular complexity index is 726. The van der Waals surface area contributed by atoms with E-state index in [1.165, 1.54) is 11.6 Å².